The number of nitrogens with one attached hydrogen (secondary N) is 1. The molecule has 25 heavy (non-hydrogen) atoms. The predicted molar refractivity (Wildman–Crippen MR) is 89.8 cm³/mol. The van der Waals surface area contributed by atoms with Crippen molar-refractivity contribution in [1.82, 2.24) is 20.1 Å². The molecule has 1 atom stereocenters. The second-order valence-electron chi connectivity index (χ2n) is 7.07. The van der Waals surface area contributed by atoms with Gasteiger partial charge in [-0.15, -0.1) is 5.10 Å². The third kappa shape index (κ3) is 3.24. The average Bonchev–Trinajstić information content (AvgIpc) is 3.19. The van der Waals surface area contributed by atoms with Crippen LogP contribution < -0.4 is 15.2 Å². The maximum absolute atomic E-state index is 12.3. The number of piperidine rings is 1. The number of benzene rings is 1. The first-order valence-corrected chi connectivity index (χ1v) is 8.34. The molecule has 8 nitrogen and oxygen atoms in total. The lowest BCUT2D eigenvalue weighted by Gasteiger charge is -2.40. The lowest BCUT2D eigenvalue weighted by Crippen LogP contribution is -2.45. The lowest BCUT2D eigenvalue weighted by molar-refractivity contribution is -0.138. The summed E-state index contributed by atoms with van der Waals surface area (Å²) in [6, 6.07) is 6.05. The molecule has 4 rings (SSSR count). The largest absolute Gasteiger partial charge is 0.454 e. The molecule has 1 fully saturated rings. The van der Waals surface area contributed by atoms with Crippen molar-refractivity contribution in [3.63, 3.8) is 0 Å². The minimum atomic E-state index is -0.00677. The Morgan fingerprint density at radius 1 is 1.36 bits per heavy atom. The molecule has 1 aromatic carbocycles. The zero-order chi connectivity index (χ0) is 17.4. The molecule has 0 bridgehead atoms. The van der Waals surface area contributed by atoms with Gasteiger partial charge in [-0.25, -0.2) is 0 Å². The zero-order valence-electron chi connectivity index (χ0n) is 14.1. The van der Waals surface area contributed by atoms with E-state index < -0.39 is 0 Å². The fraction of sp³-hybridized carbons (Fsp3) is 0.471. The van der Waals surface area contributed by atoms with Crippen molar-refractivity contribution >= 4 is 11.9 Å². The predicted octanol–water partition coefficient (Wildman–Crippen LogP) is 1.49. The van der Waals surface area contributed by atoms with Gasteiger partial charge in [0.1, 0.15) is 5.82 Å². The van der Waals surface area contributed by atoms with Gasteiger partial charge in [-0.1, -0.05) is 13.0 Å². The number of H-pyrrole nitrogens is 1. The number of fused-ring (bicyclic) bond motifs is 1. The molecule has 2 aliphatic rings. The number of aromatic nitrogens is 3. The Balaban J connectivity index is 1.48. The third-order valence-corrected chi connectivity index (χ3v) is 4.83. The number of likely N-dealkylation sites (tertiary alicyclic amines) is 1. The van der Waals surface area contributed by atoms with Gasteiger partial charge < -0.3 is 20.1 Å². The summed E-state index contributed by atoms with van der Waals surface area (Å²) in [7, 11) is 0. The van der Waals surface area contributed by atoms with Crippen LogP contribution in [-0.2, 0) is 17.8 Å². The number of anilines is 1. The van der Waals surface area contributed by atoms with Crippen LogP contribution in [0.25, 0.3) is 0 Å². The third-order valence-electron chi connectivity index (χ3n) is 4.83. The van der Waals surface area contributed by atoms with Crippen LogP contribution in [0.15, 0.2) is 18.2 Å². The van der Waals surface area contributed by atoms with Crippen LogP contribution >= 0.6 is 0 Å². The van der Waals surface area contributed by atoms with E-state index in [9.17, 15) is 4.79 Å². The zero-order valence-corrected chi connectivity index (χ0v) is 14.1. The molecular weight excluding hydrogens is 322 g/mol. The van der Waals surface area contributed by atoms with Crippen molar-refractivity contribution in [2.24, 2.45) is 5.41 Å². The van der Waals surface area contributed by atoms with Gasteiger partial charge in [0.05, 0.1) is 6.54 Å². The standard InChI is InChI=1S/C17H21N5O3/c1-17(7-11-2-3-12-13(6-11)25-10-24-12)5-4-15(23)22(9-17)8-14-19-16(18)21-20-14/h2-3,6H,4-5,7-10H2,1H3,(H3,18,19,20,21)/t17-/m0/s1. The summed E-state index contributed by atoms with van der Waals surface area (Å²) in [5.41, 5.74) is 6.72. The van der Waals surface area contributed by atoms with Crippen molar-refractivity contribution in [3.8, 4) is 11.5 Å². The highest BCUT2D eigenvalue weighted by Gasteiger charge is 2.35. The highest BCUT2D eigenvalue weighted by atomic mass is 16.7. The first-order chi connectivity index (χ1) is 12.0. The van der Waals surface area contributed by atoms with Gasteiger partial charge in [0.2, 0.25) is 18.6 Å². The Morgan fingerprint density at radius 3 is 3.00 bits per heavy atom. The molecule has 0 saturated carbocycles. The fourth-order valence-corrected chi connectivity index (χ4v) is 3.59. The second kappa shape index (κ2) is 5.94. The van der Waals surface area contributed by atoms with Gasteiger partial charge in [-0.2, -0.15) is 4.98 Å². The van der Waals surface area contributed by atoms with E-state index in [1.54, 1.807) is 0 Å². The number of hydrogen-bond acceptors (Lipinski definition) is 6. The van der Waals surface area contributed by atoms with E-state index in [2.05, 4.69) is 28.2 Å². The van der Waals surface area contributed by atoms with Gasteiger partial charge in [-0.3, -0.25) is 9.89 Å². The molecule has 132 valence electrons. The van der Waals surface area contributed by atoms with Crippen molar-refractivity contribution < 1.29 is 14.3 Å². The van der Waals surface area contributed by atoms with E-state index in [1.165, 1.54) is 5.56 Å². The first kappa shape index (κ1) is 15.7. The number of nitrogens with zero attached hydrogens (tertiary/aromatic N) is 3. The van der Waals surface area contributed by atoms with Crippen molar-refractivity contribution in [2.45, 2.75) is 32.7 Å². The van der Waals surface area contributed by atoms with Crippen LogP contribution in [0.1, 0.15) is 31.2 Å². The Labute approximate surface area is 145 Å². The minimum Gasteiger partial charge on any atom is -0.454 e. The van der Waals surface area contributed by atoms with Crippen LogP contribution in [0.5, 0.6) is 11.5 Å². The molecule has 0 aliphatic carbocycles. The number of hydrogen-bond donors (Lipinski definition) is 2. The number of nitrogen functional groups attached to an aromatic ring is 1. The highest BCUT2D eigenvalue weighted by molar-refractivity contribution is 5.77. The number of nitrogens with two attached hydrogens (primary N) is 1. The average molecular weight is 343 g/mol. The van der Waals surface area contributed by atoms with Crippen molar-refractivity contribution in [3.05, 3.63) is 29.6 Å². The quantitative estimate of drug-likeness (QED) is 0.871. The monoisotopic (exact) mass is 343 g/mol. The minimum absolute atomic E-state index is 0.00677. The van der Waals surface area contributed by atoms with E-state index in [-0.39, 0.29) is 24.1 Å². The molecule has 2 aromatic rings. The number of aromatic amines is 1. The number of amides is 1. The SMILES string of the molecule is C[C@@]1(Cc2ccc3c(c2)OCO3)CCC(=O)N(Cc2nc(N)n[nH]2)C1. The van der Waals surface area contributed by atoms with Crippen LogP contribution in [0.2, 0.25) is 0 Å². The Hall–Kier alpha value is -2.77. The summed E-state index contributed by atoms with van der Waals surface area (Å²) in [4.78, 5) is 18.2. The molecule has 0 unspecified atom stereocenters. The molecule has 3 N–H and O–H groups in total. The van der Waals surface area contributed by atoms with Crippen LogP contribution in [0.4, 0.5) is 5.95 Å². The summed E-state index contributed by atoms with van der Waals surface area (Å²) in [5.74, 6) is 2.53. The summed E-state index contributed by atoms with van der Waals surface area (Å²) in [6.07, 6.45) is 2.26. The molecule has 1 aromatic heterocycles. The number of carbonyl (C=O) groups excluding carboxylic acids is 1. The van der Waals surface area contributed by atoms with Crippen molar-refractivity contribution in [1.29, 1.82) is 0 Å². The van der Waals surface area contributed by atoms with E-state index >= 15 is 0 Å². The number of ether oxygens (including phenoxy) is 2. The number of rotatable bonds is 4. The topological polar surface area (TPSA) is 106 Å². The molecular formula is C17H21N5O3. The molecule has 1 amide bonds. The maximum atomic E-state index is 12.3. The summed E-state index contributed by atoms with van der Waals surface area (Å²) in [6.45, 7) is 3.56. The van der Waals surface area contributed by atoms with Crippen LogP contribution in [0, 0.1) is 5.41 Å². The van der Waals surface area contributed by atoms with Crippen LogP contribution in [0.3, 0.4) is 0 Å². The highest BCUT2D eigenvalue weighted by Crippen LogP contribution is 2.38. The second-order valence-corrected chi connectivity index (χ2v) is 7.07. The maximum Gasteiger partial charge on any atom is 0.239 e. The molecule has 1 saturated heterocycles. The molecule has 2 aliphatic heterocycles. The van der Waals surface area contributed by atoms with E-state index in [0.29, 0.717) is 25.3 Å². The summed E-state index contributed by atoms with van der Waals surface area (Å²) < 4.78 is 10.8. The fourth-order valence-electron chi connectivity index (χ4n) is 3.59. The smallest absolute Gasteiger partial charge is 0.239 e. The van der Waals surface area contributed by atoms with Gasteiger partial charge in [0.25, 0.3) is 0 Å². The Bertz CT molecular complexity index is 805. The van der Waals surface area contributed by atoms with Gasteiger partial charge >= 0.3 is 0 Å². The molecule has 8 heteroatoms. The van der Waals surface area contributed by atoms with Crippen LogP contribution in [-0.4, -0.2) is 39.3 Å². The summed E-state index contributed by atoms with van der Waals surface area (Å²) >= 11 is 0. The molecule has 0 radical (unpaired) electrons. The van der Waals surface area contributed by atoms with Gasteiger partial charge in [-0.05, 0) is 36.0 Å². The Morgan fingerprint density at radius 2 is 2.20 bits per heavy atom. The van der Waals surface area contributed by atoms with Crippen molar-refractivity contribution in [2.75, 3.05) is 19.1 Å². The lowest BCUT2D eigenvalue weighted by atomic mass is 9.76. The summed E-state index contributed by atoms with van der Waals surface area (Å²) in [5, 5.41) is 6.59. The molecule has 0 spiro atoms. The number of carbonyl (C=O) groups is 1. The van der Waals surface area contributed by atoms with E-state index in [0.717, 1.165) is 24.3 Å². The first-order valence-electron chi connectivity index (χ1n) is 8.34. The van der Waals surface area contributed by atoms with Gasteiger partial charge in [0, 0.05) is 13.0 Å². The van der Waals surface area contributed by atoms with E-state index in [1.807, 2.05) is 17.0 Å². The van der Waals surface area contributed by atoms with E-state index in [4.69, 9.17) is 15.2 Å². The Kier molecular flexibility index (Phi) is 3.74. The van der Waals surface area contributed by atoms with Gasteiger partial charge in [0.15, 0.2) is 11.5 Å². The normalized spacial score (nSPS) is 22.4. The molecule has 3 heterocycles.